The Kier molecular flexibility index (Phi) is 3.62. The van der Waals surface area contributed by atoms with Crippen LogP contribution in [0.5, 0.6) is 0 Å². The third-order valence-corrected chi connectivity index (χ3v) is 3.59. The van der Waals surface area contributed by atoms with E-state index in [4.69, 9.17) is 5.73 Å². The Labute approximate surface area is 110 Å². The van der Waals surface area contributed by atoms with Crippen LogP contribution in [0, 0.1) is 6.92 Å². The highest BCUT2D eigenvalue weighted by Gasteiger charge is 2.18. The summed E-state index contributed by atoms with van der Waals surface area (Å²) in [6, 6.07) is 9.88. The third-order valence-electron chi connectivity index (χ3n) is 2.62. The van der Waals surface area contributed by atoms with Crippen LogP contribution in [0.2, 0.25) is 0 Å². The Balaban J connectivity index is 2.12. The standard InChI is InChI=1S/C13H15N3OS/c1-9-11(18-13(14)15-9)12(17)16(2)8-10-6-4-3-5-7-10/h3-7H,8H2,1-2H3,(H2,14,15). The van der Waals surface area contributed by atoms with Crippen LogP contribution in [0.3, 0.4) is 0 Å². The summed E-state index contributed by atoms with van der Waals surface area (Å²) in [5.74, 6) is -0.0365. The maximum absolute atomic E-state index is 12.2. The lowest BCUT2D eigenvalue weighted by Gasteiger charge is -2.16. The topological polar surface area (TPSA) is 59.2 Å². The average molecular weight is 261 g/mol. The van der Waals surface area contributed by atoms with Gasteiger partial charge in [-0.15, -0.1) is 0 Å². The van der Waals surface area contributed by atoms with E-state index in [1.54, 1.807) is 18.9 Å². The summed E-state index contributed by atoms with van der Waals surface area (Å²) in [5, 5.41) is 0.434. The molecule has 1 aromatic heterocycles. The fraction of sp³-hybridized carbons (Fsp3) is 0.231. The molecule has 0 aliphatic heterocycles. The zero-order valence-corrected chi connectivity index (χ0v) is 11.2. The first-order valence-corrected chi connectivity index (χ1v) is 6.42. The summed E-state index contributed by atoms with van der Waals surface area (Å²) in [5.41, 5.74) is 7.40. The Morgan fingerprint density at radius 3 is 2.61 bits per heavy atom. The molecule has 1 heterocycles. The molecule has 0 radical (unpaired) electrons. The Hall–Kier alpha value is -1.88. The van der Waals surface area contributed by atoms with Gasteiger partial charge in [-0.2, -0.15) is 0 Å². The molecule has 0 fully saturated rings. The second-order valence-corrected chi connectivity index (χ2v) is 5.14. The molecule has 0 saturated carbocycles. The lowest BCUT2D eigenvalue weighted by atomic mass is 10.2. The van der Waals surface area contributed by atoms with Crippen LogP contribution in [0.25, 0.3) is 0 Å². The minimum Gasteiger partial charge on any atom is -0.375 e. The molecule has 0 aliphatic rings. The van der Waals surface area contributed by atoms with Gasteiger partial charge in [0.05, 0.1) is 5.69 Å². The Morgan fingerprint density at radius 2 is 2.06 bits per heavy atom. The highest BCUT2D eigenvalue weighted by molar-refractivity contribution is 7.17. The zero-order valence-electron chi connectivity index (χ0n) is 10.4. The largest absolute Gasteiger partial charge is 0.375 e. The van der Waals surface area contributed by atoms with E-state index in [1.165, 1.54) is 11.3 Å². The van der Waals surface area contributed by atoms with Crippen LogP contribution in [0.4, 0.5) is 5.13 Å². The molecule has 2 rings (SSSR count). The maximum Gasteiger partial charge on any atom is 0.265 e. The van der Waals surface area contributed by atoms with Gasteiger partial charge in [0.2, 0.25) is 0 Å². The number of hydrogen-bond donors (Lipinski definition) is 1. The Bertz CT molecular complexity index is 551. The van der Waals surface area contributed by atoms with Crippen molar-refractivity contribution < 1.29 is 4.79 Å². The summed E-state index contributed by atoms with van der Waals surface area (Å²) < 4.78 is 0. The summed E-state index contributed by atoms with van der Waals surface area (Å²) in [6.45, 7) is 2.38. The summed E-state index contributed by atoms with van der Waals surface area (Å²) in [6.07, 6.45) is 0. The highest BCUT2D eigenvalue weighted by atomic mass is 32.1. The van der Waals surface area contributed by atoms with E-state index >= 15 is 0 Å². The fourth-order valence-corrected chi connectivity index (χ4v) is 2.55. The molecule has 0 aliphatic carbocycles. The van der Waals surface area contributed by atoms with Gasteiger partial charge in [0.15, 0.2) is 5.13 Å². The van der Waals surface area contributed by atoms with E-state index in [0.717, 1.165) is 5.56 Å². The van der Waals surface area contributed by atoms with E-state index in [9.17, 15) is 4.79 Å². The monoisotopic (exact) mass is 261 g/mol. The predicted molar refractivity (Wildman–Crippen MR) is 73.5 cm³/mol. The van der Waals surface area contributed by atoms with Crippen molar-refractivity contribution in [2.24, 2.45) is 0 Å². The van der Waals surface area contributed by atoms with Crippen LogP contribution in [-0.4, -0.2) is 22.8 Å². The molecule has 5 heteroatoms. The van der Waals surface area contributed by atoms with E-state index in [2.05, 4.69) is 4.98 Å². The molecule has 0 saturated heterocycles. The minimum atomic E-state index is -0.0365. The molecular formula is C13H15N3OS. The number of amides is 1. The second kappa shape index (κ2) is 5.18. The molecule has 0 atom stereocenters. The number of carbonyl (C=O) groups excluding carboxylic acids is 1. The number of rotatable bonds is 3. The molecule has 1 amide bonds. The van der Waals surface area contributed by atoms with Crippen molar-refractivity contribution >= 4 is 22.4 Å². The number of carbonyl (C=O) groups is 1. The zero-order chi connectivity index (χ0) is 13.1. The molecular weight excluding hydrogens is 246 g/mol. The summed E-state index contributed by atoms with van der Waals surface area (Å²) in [7, 11) is 1.78. The SMILES string of the molecule is Cc1nc(N)sc1C(=O)N(C)Cc1ccccc1. The lowest BCUT2D eigenvalue weighted by Crippen LogP contribution is -2.26. The van der Waals surface area contributed by atoms with Gasteiger partial charge in [-0.1, -0.05) is 41.7 Å². The van der Waals surface area contributed by atoms with Crippen molar-refractivity contribution in [1.82, 2.24) is 9.88 Å². The molecule has 4 nitrogen and oxygen atoms in total. The van der Waals surface area contributed by atoms with Gasteiger partial charge in [-0.25, -0.2) is 4.98 Å². The number of aryl methyl sites for hydroxylation is 1. The number of nitrogens with two attached hydrogens (primary N) is 1. The maximum atomic E-state index is 12.2. The van der Waals surface area contributed by atoms with Crippen molar-refractivity contribution in [3.05, 3.63) is 46.5 Å². The highest BCUT2D eigenvalue weighted by Crippen LogP contribution is 2.21. The smallest absolute Gasteiger partial charge is 0.265 e. The molecule has 0 bridgehead atoms. The first-order valence-electron chi connectivity index (χ1n) is 5.60. The number of anilines is 1. The van der Waals surface area contributed by atoms with Crippen molar-refractivity contribution in [3.63, 3.8) is 0 Å². The number of nitrogens with zero attached hydrogens (tertiary/aromatic N) is 2. The van der Waals surface area contributed by atoms with Crippen molar-refractivity contribution in [1.29, 1.82) is 0 Å². The molecule has 0 unspecified atom stereocenters. The molecule has 18 heavy (non-hydrogen) atoms. The minimum absolute atomic E-state index is 0.0365. The van der Waals surface area contributed by atoms with Gasteiger partial charge in [0, 0.05) is 13.6 Å². The molecule has 94 valence electrons. The summed E-state index contributed by atoms with van der Waals surface area (Å²) >= 11 is 1.24. The molecule has 1 aromatic carbocycles. The average Bonchev–Trinajstić information content (AvgIpc) is 2.68. The predicted octanol–water partition coefficient (Wildman–Crippen LogP) is 2.31. The normalized spacial score (nSPS) is 10.3. The quantitative estimate of drug-likeness (QED) is 0.922. The van der Waals surface area contributed by atoms with Crippen LogP contribution < -0.4 is 5.73 Å². The fourth-order valence-electron chi connectivity index (χ4n) is 1.72. The second-order valence-electron chi connectivity index (χ2n) is 4.11. The number of aromatic nitrogens is 1. The van der Waals surface area contributed by atoms with E-state index < -0.39 is 0 Å². The number of nitrogen functional groups attached to an aromatic ring is 1. The van der Waals surface area contributed by atoms with Gasteiger partial charge in [0.25, 0.3) is 5.91 Å². The van der Waals surface area contributed by atoms with E-state index in [1.807, 2.05) is 30.3 Å². The summed E-state index contributed by atoms with van der Waals surface area (Å²) in [4.78, 5) is 18.6. The van der Waals surface area contributed by atoms with Crippen LogP contribution >= 0.6 is 11.3 Å². The molecule has 2 N–H and O–H groups in total. The van der Waals surface area contributed by atoms with Crippen LogP contribution in [0.15, 0.2) is 30.3 Å². The number of thiazole rings is 1. The van der Waals surface area contributed by atoms with Gasteiger partial charge in [0.1, 0.15) is 4.88 Å². The first kappa shape index (κ1) is 12.6. The van der Waals surface area contributed by atoms with Gasteiger partial charge < -0.3 is 10.6 Å². The van der Waals surface area contributed by atoms with E-state index in [0.29, 0.717) is 22.2 Å². The van der Waals surface area contributed by atoms with Crippen molar-refractivity contribution in [3.8, 4) is 0 Å². The van der Waals surface area contributed by atoms with E-state index in [-0.39, 0.29) is 5.91 Å². The van der Waals surface area contributed by atoms with Crippen LogP contribution in [0.1, 0.15) is 20.9 Å². The van der Waals surface area contributed by atoms with Crippen molar-refractivity contribution in [2.75, 3.05) is 12.8 Å². The number of hydrogen-bond acceptors (Lipinski definition) is 4. The van der Waals surface area contributed by atoms with Crippen molar-refractivity contribution in [2.45, 2.75) is 13.5 Å². The molecule has 0 spiro atoms. The number of benzene rings is 1. The third kappa shape index (κ3) is 2.68. The first-order chi connectivity index (χ1) is 8.58. The Morgan fingerprint density at radius 1 is 1.39 bits per heavy atom. The van der Waals surface area contributed by atoms with Gasteiger partial charge in [-0.05, 0) is 12.5 Å². The lowest BCUT2D eigenvalue weighted by molar-refractivity contribution is 0.0789. The molecule has 2 aromatic rings. The van der Waals surface area contributed by atoms with Gasteiger partial charge in [-0.3, -0.25) is 4.79 Å². The van der Waals surface area contributed by atoms with Crippen LogP contribution in [-0.2, 0) is 6.54 Å². The van der Waals surface area contributed by atoms with Gasteiger partial charge >= 0.3 is 0 Å².